The van der Waals surface area contributed by atoms with E-state index in [1.54, 1.807) is 0 Å². The second-order valence-corrected chi connectivity index (χ2v) is 19.8. The van der Waals surface area contributed by atoms with Gasteiger partial charge in [0.1, 0.15) is 0 Å². The van der Waals surface area contributed by atoms with Crippen molar-refractivity contribution in [2.45, 2.75) is 0 Å². The summed E-state index contributed by atoms with van der Waals surface area (Å²) in [6.07, 6.45) is 0. The third-order valence-electron chi connectivity index (χ3n) is 16.8. The first kappa shape index (κ1) is 34.9. The zero-order valence-corrected chi connectivity index (χ0v) is 37.4. The van der Waals surface area contributed by atoms with Crippen LogP contribution < -0.4 is 0 Å². The van der Waals surface area contributed by atoms with Gasteiger partial charge in [0.2, 0.25) is 0 Å². The Bertz CT molecular complexity index is 5170. The van der Waals surface area contributed by atoms with Gasteiger partial charge < -0.3 is 17.6 Å². The Morgan fingerprint density at radius 1 is 0.186 bits per heavy atom. The van der Waals surface area contributed by atoms with Crippen LogP contribution in [0.2, 0.25) is 0 Å². The highest BCUT2D eigenvalue weighted by Gasteiger charge is 2.34. The number of fused-ring (bicyclic) bond motifs is 26. The van der Waals surface area contributed by atoms with Crippen molar-refractivity contribution in [3.63, 3.8) is 0 Å². The average Bonchev–Trinajstić information content (AvgIpc) is 4.32. The van der Waals surface area contributed by atoms with E-state index in [1.165, 1.54) is 175 Å². The van der Waals surface area contributed by atoms with Gasteiger partial charge in [0.15, 0.2) is 0 Å². The molecular formula is C66H34N4. The SMILES string of the molecule is c1ccc(-c2c3c4cc5c(c6cccc7c8ccccc8n5c76)c5c6ccccc6n(c3c(-c3ccccc3)c3c6cc7c(c8cccc9c%10ccccc%10n7c98)c7c8ccccc8n(c23)c67)c45)cc1. The summed E-state index contributed by atoms with van der Waals surface area (Å²) in [5, 5.41) is 20.8. The summed E-state index contributed by atoms with van der Waals surface area (Å²) in [4.78, 5) is 0. The summed E-state index contributed by atoms with van der Waals surface area (Å²) in [6, 6.07) is 77.9. The Morgan fingerprint density at radius 2 is 0.529 bits per heavy atom. The molecule has 4 nitrogen and oxygen atoms in total. The second-order valence-electron chi connectivity index (χ2n) is 19.8. The fraction of sp³-hybridized carbons (Fsp3) is 0. The first-order valence-electron chi connectivity index (χ1n) is 24.5. The molecule has 0 bridgehead atoms. The molecule has 0 aliphatic rings. The predicted molar refractivity (Wildman–Crippen MR) is 296 cm³/mol. The van der Waals surface area contributed by atoms with E-state index in [9.17, 15) is 0 Å². The molecule has 0 N–H and O–H groups in total. The molecule has 0 amide bonds. The molecular weight excluding hydrogens is 849 g/mol. The highest BCUT2D eigenvalue weighted by molar-refractivity contribution is 6.45. The highest BCUT2D eigenvalue weighted by Crippen LogP contribution is 2.57. The summed E-state index contributed by atoms with van der Waals surface area (Å²) in [7, 11) is 0. The lowest BCUT2D eigenvalue weighted by atomic mass is 9.89. The number of benzene rings is 11. The summed E-state index contributed by atoms with van der Waals surface area (Å²) < 4.78 is 10.5. The quantitative estimate of drug-likeness (QED) is 0.165. The normalized spacial score (nSPS) is 13.1. The number of hydrogen-bond acceptors (Lipinski definition) is 0. The van der Waals surface area contributed by atoms with Crippen molar-refractivity contribution in [1.82, 2.24) is 17.6 Å². The predicted octanol–water partition coefficient (Wildman–Crippen LogP) is 17.6. The van der Waals surface area contributed by atoms with Crippen LogP contribution in [0.3, 0.4) is 0 Å². The van der Waals surface area contributed by atoms with Crippen molar-refractivity contribution in [3.8, 4) is 22.3 Å². The molecule has 0 radical (unpaired) electrons. The molecule has 0 fully saturated rings. The Kier molecular flexibility index (Phi) is 5.80. The smallest absolute Gasteiger partial charge is 0.0634 e. The highest BCUT2D eigenvalue weighted by atomic mass is 15.0. The Hall–Kier alpha value is -9.38. The minimum Gasteiger partial charge on any atom is -0.308 e. The minimum atomic E-state index is 1.21. The van der Waals surface area contributed by atoms with Gasteiger partial charge in [-0.2, -0.15) is 0 Å². The van der Waals surface area contributed by atoms with E-state index in [0.717, 1.165) is 0 Å². The molecule has 70 heavy (non-hydrogen) atoms. The standard InChI is InChI=1S/C66H34N4/c1-3-17-35(18-4-1)53-59-45-33-51-55(43-27-15-25-39-37-21-7-11-29-47(37)67(51)61(39)43)57-42-24-10-14-32-50(42)70(63(45)57)66(59)54(36-19-5-2-6-20-36)60-46-34-52-56(58-41-23-9-13-31-49(41)69(64(46)58)65(53)60)44-28-16-26-40-38-22-8-12-30-48(38)68(52)62(40)44/h1-34H. The zero-order valence-electron chi connectivity index (χ0n) is 37.4. The van der Waals surface area contributed by atoms with Crippen molar-refractivity contribution in [3.05, 3.63) is 206 Å². The number of rotatable bonds is 2. The summed E-state index contributed by atoms with van der Waals surface area (Å²) in [5.74, 6) is 0. The van der Waals surface area contributed by atoms with E-state index >= 15 is 0 Å². The molecule has 0 aliphatic carbocycles. The van der Waals surface area contributed by atoms with Crippen LogP contribution in [0.4, 0.5) is 0 Å². The summed E-state index contributed by atoms with van der Waals surface area (Å²) in [5.41, 5.74) is 20.1. The lowest BCUT2D eigenvalue weighted by molar-refractivity contribution is 1.36. The number of aromatic nitrogens is 4. The third kappa shape index (κ3) is 3.66. The summed E-state index contributed by atoms with van der Waals surface area (Å²) in [6.45, 7) is 0. The van der Waals surface area contributed by atoms with Crippen molar-refractivity contribution in [2.75, 3.05) is 0 Å². The maximum Gasteiger partial charge on any atom is 0.0634 e. The topological polar surface area (TPSA) is 17.6 Å². The molecule has 318 valence electrons. The van der Waals surface area contributed by atoms with Crippen molar-refractivity contribution >= 4 is 152 Å². The van der Waals surface area contributed by atoms with Crippen LogP contribution in [0.1, 0.15) is 0 Å². The van der Waals surface area contributed by atoms with Gasteiger partial charge >= 0.3 is 0 Å². The van der Waals surface area contributed by atoms with Crippen LogP contribution in [-0.4, -0.2) is 17.6 Å². The van der Waals surface area contributed by atoms with Gasteiger partial charge in [-0.15, -0.1) is 0 Å². The van der Waals surface area contributed by atoms with Gasteiger partial charge in [-0.25, -0.2) is 0 Å². The molecule has 4 heteroatoms. The van der Waals surface area contributed by atoms with Crippen LogP contribution in [0.15, 0.2) is 206 Å². The number of para-hydroxylation sites is 6. The molecule has 0 saturated carbocycles. The van der Waals surface area contributed by atoms with Crippen LogP contribution in [0.5, 0.6) is 0 Å². The Morgan fingerprint density at radius 3 is 0.957 bits per heavy atom. The molecule has 0 aliphatic heterocycles. The molecule has 0 saturated heterocycles. The van der Waals surface area contributed by atoms with E-state index in [-0.39, 0.29) is 0 Å². The monoisotopic (exact) mass is 882 g/mol. The maximum atomic E-state index is 2.67. The van der Waals surface area contributed by atoms with Crippen molar-refractivity contribution in [1.29, 1.82) is 0 Å². The van der Waals surface area contributed by atoms with Gasteiger partial charge in [-0.3, -0.25) is 0 Å². The molecule has 19 rings (SSSR count). The fourth-order valence-corrected chi connectivity index (χ4v) is 14.5. The van der Waals surface area contributed by atoms with Crippen LogP contribution in [0, 0.1) is 0 Å². The number of nitrogens with zero attached hydrogens (tertiary/aromatic N) is 4. The first-order chi connectivity index (χ1) is 34.8. The van der Waals surface area contributed by atoms with Crippen molar-refractivity contribution < 1.29 is 0 Å². The van der Waals surface area contributed by atoms with Gasteiger partial charge in [0, 0.05) is 97.3 Å². The molecule has 0 atom stereocenters. The lowest BCUT2D eigenvalue weighted by Crippen LogP contribution is -1.93. The molecule has 8 aromatic heterocycles. The van der Waals surface area contributed by atoms with Gasteiger partial charge in [-0.05, 0) is 47.5 Å². The minimum absolute atomic E-state index is 1.21. The van der Waals surface area contributed by atoms with Crippen LogP contribution >= 0.6 is 0 Å². The van der Waals surface area contributed by atoms with E-state index < -0.39 is 0 Å². The van der Waals surface area contributed by atoms with E-state index in [0.29, 0.717) is 0 Å². The van der Waals surface area contributed by atoms with E-state index in [4.69, 9.17) is 0 Å². The number of hydrogen-bond donors (Lipinski definition) is 0. The molecule has 19 aromatic rings. The average molecular weight is 883 g/mol. The molecule has 8 heterocycles. The zero-order chi connectivity index (χ0) is 44.8. The van der Waals surface area contributed by atoms with Gasteiger partial charge in [0.25, 0.3) is 0 Å². The Labute approximate surface area is 396 Å². The molecule has 11 aromatic carbocycles. The van der Waals surface area contributed by atoms with E-state index in [2.05, 4.69) is 224 Å². The largest absolute Gasteiger partial charge is 0.308 e. The summed E-state index contributed by atoms with van der Waals surface area (Å²) >= 11 is 0. The van der Waals surface area contributed by atoms with Crippen molar-refractivity contribution in [2.24, 2.45) is 0 Å². The van der Waals surface area contributed by atoms with E-state index in [1.807, 2.05) is 0 Å². The van der Waals surface area contributed by atoms with Gasteiger partial charge in [-0.1, -0.05) is 170 Å². The second kappa shape index (κ2) is 11.6. The fourth-order valence-electron chi connectivity index (χ4n) is 14.5. The lowest BCUT2D eigenvalue weighted by Gasteiger charge is -2.16. The van der Waals surface area contributed by atoms with Gasteiger partial charge in [0.05, 0.1) is 66.2 Å². The first-order valence-corrected chi connectivity index (χ1v) is 24.5. The Balaban J connectivity index is 1.17. The molecule has 0 spiro atoms. The van der Waals surface area contributed by atoms with Crippen LogP contribution in [-0.2, 0) is 0 Å². The van der Waals surface area contributed by atoms with Crippen LogP contribution in [0.25, 0.3) is 175 Å². The third-order valence-corrected chi connectivity index (χ3v) is 16.8. The molecule has 0 unspecified atom stereocenters. The maximum absolute atomic E-state index is 2.67.